The second-order valence-electron chi connectivity index (χ2n) is 4.89. The van der Waals surface area contributed by atoms with E-state index in [1.54, 1.807) is 16.2 Å². The Kier molecular flexibility index (Phi) is 4.42. The number of hydrogen-bond acceptors (Lipinski definition) is 3. The number of nitrogens with zero attached hydrogens (tertiary/aromatic N) is 1. The van der Waals surface area contributed by atoms with E-state index < -0.39 is 11.9 Å². The molecule has 1 aliphatic heterocycles. The first kappa shape index (κ1) is 13.9. The molecule has 0 radical (unpaired) electrons. The Morgan fingerprint density at radius 2 is 2.32 bits per heavy atom. The number of thiophene rings is 1. The molecule has 2 amide bonds. The molecule has 19 heavy (non-hydrogen) atoms. The summed E-state index contributed by atoms with van der Waals surface area (Å²) >= 11 is 1.67. The number of carboxylic acids is 1. The van der Waals surface area contributed by atoms with Crippen molar-refractivity contribution in [2.75, 3.05) is 19.6 Å². The maximum Gasteiger partial charge on any atom is 0.317 e. The average Bonchev–Trinajstić information content (AvgIpc) is 2.98. The van der Waals surface area contributed by atoms with Gasteiger partial charge in [0.05, 0.1) is 5.92 Å². The fourth-order valence-corrected chi connectivity index (χ4v) is 3.02. The lowest BCUT2D eigenvalue weighted by atomic mass is 9.99. The fourth-order valence-electron chi connectivity index (χ4n) is 2.31. The van der Waals surface area contributed by atoms with Gasteiger partial charge in [-0.05, 0) is 23.8 Å². The zero-order valence-electron chi connectivity index (χ0n) is 10.8. The Bertz CT molecular complexity index is 447. The van der Waals surface area contributed by atoms with E-state index >= 15 is 0 Å². The van der Waals surface area contributed by atoms with Gasteiger partial charge in [0.1, 0.15) is 0 Å². The summed E-state index contributed by atoms with van der Waals surface area (Å²) in [5.74, 6) is -1.25. The van der Waals surface area contributed by atoms with Gasteiger partial charge in [-0.2, -0.15) is 0 Å². The van der Waals surface area contributed by atoms with E-state index in [0.29, 0.717) is 19.6 Å². The number of urea groups is 1. The Balaban J connectivity index is 1.76. The lowest BCUT2D eigenvalue weighted by Crippen LogP contribution is -2.39. The Morgan fingerprint density at radius 1 is 1.53 bits per heavy atom. The molecule has 104 valence electrons. The van der Waals surface area contributed by atoms with Crippen molar-refractivity contribution < 1.29 is 14.7 Å². The minimum Gasteiger partial charge on any atom is -0.481 e. The molecule has 6 heteroatoms. The van der Waals surface area contributed by atoms with Gasteiger partial charge < -0.3 is 15.3 Å². The van der Waals surface area contributed by atoms with Gasteiger partial charge in [-0.25, -0.2) is 4.79 Å². The molecule has 2 rings (SSSR count). The summed E-state index contributed by atoms with van der Waals surface area (Å²) in [4.78, 5) is 25.7. The maximum atomic E-state index is 11.9. The van der Waals surface area contributed by atoms with Gasteiger partial charge in [-0.1, -0.05) is 13.0 Å². The highest BCUT2D eigenvalue weighted by atomic mass is 32.1. The van der Waals surface area contributed by atoms with Crippen LogP contribution in [0.3, 0.4) is 0 Å². The predicted octanol–water partition coefficient (Wildman–Crippen LogP) is 1.65. The first-order valence-corrected chi connectivity index (χ1v) is 7.24. The summed E-state index contributed by atoms with van der Waals surface area (Å²) in [7, 11) is 0. The third kappa shape index (κ3) is 3.47. The third-order valence-electron chi connectivity index (χ3n) is 3.44. The number of carboxylic acid groups (broad SMARTS) is 1. The molecule has 0 aliphatic carbocycles. The van der Waals surface area contributed by atoms with E-state index in [1.807, 2.05) is 24.4 Å². The molecular weight excluding hydrogens is 264 g/mol. The quantitative estimate of drug-likeness (QED) is 0.882. The van der Waals surface area contributed by atoms with Crippen molar-refractivity contribution in [1.82, 2.24) is 10.2 Å². The third-order valence-corrected chi connectivity index (χ3v) is 4.38. The van der Waals surface area contributed by atoms with Gasteiger partial charge in [-0.3, -0.25) is 4.79 Å². The summed E-state index contributed by atoms with van der Waals surface area (Å²) in [6, 6.07) is 3.86. The summed E-state index contributed by atoms with van der Waals surface area (Å²) in [6.07, 6.45) is 0.815. The number of amides is 2. The molecule has 0 saturated carbocycles. The highest BCUT2D eigenvalue weighted by molar-refractivity contribution is 7.09. The number of hydrogen-bond donors (Lipinski definition) is 2. The first-order valence-electron chi connectivity index (χ1n) is 6.36. The molecule has 0 aromatic carbocycles. The standard InChI is InChI=1S/C13H18N2O3S/c1-9-7-15(8-11(9)12(16)17)13(18)14-5-4-10-3-2-6-19-10/h2-3,6,9,11H,4-5,7-8H2,1H3,(H,14,18)(H,16,17). The van der Waals surface area contributed by atoms with Crippen LogP contribution in [0, 0.1) is 11.8 Å². The molecule has 1 aliphatic rings. The minimum absolute atomic E-state index is 0.0144. The van der Waals surface area contributed by atoms with Gasteiger partial charge >= 0.3 is 12.0 Å². The van der Waals surface area contributed by atoms with Gasteiger partial charge in [0.25, 0.3) is 0 Å². The van der Waals surface area contributed by atoms with Crippen LogP contribution in [0.2, 0.25) is 0 Å². The molecule has 1 fully saturated rings. The lowest BCUT2D eigenvalue weighted by Gasteiger charge is -2.16. The topological polar surface area (TPSA) is 69.6 Å². The van der Waals surface area contributed by atoms with Crippen molar-refractivity contribution in [2.45, 2.75) is 13.3 Å². The van der Waals surface area contributed by atoms with E-state index in [4.69, 9.17) is 5.11 Å². The molecule has 1 aromatic rings. The SMILES string of the molecule is CC1CN(C(=O)NCCc2cccs2)CC1C(=O)O. The van der Waals surface area contributed by atoms with Crippen molar-refractivity contribution in [1.29, 1.82) is 0 Å². The second kappa shape index (κ2) is 6.06. The molecule has 2 atom stereocenters. The molecule has 2 N–H and O–H groups in total. The van der Waals surface area contributed by atoms with Crippen molar-refractivity contribution in [3.8, 4) is 0 Å². The molecule has 0 spiro atoms. The van der Waals surface area contributed by atoms with E-state index in [1.165, 1.54) is 4.88 Å². The van der Waals surface area contributed by atoms with Crippen molar-refractivity contribution >= 4 is 23.3 Å². The number of aliphatic carboxylic acids is 1. The van der Waals surface area contributed by atoms with E-state index in [-0.39, 0.29) is 11.9 Å². The zero-order valence-corrected chi connectivity index (χ0v) is 11.7. The Hall–Kier alpha value is -1.56. The van der Waals surface area contributed by atoms with Crippen LogP contribution in [0.15, 0.2) is 17.5 Å². The number of rotatable bonds is 4. The summed E-state index contributed by atoms with van der Waals surface area (Å²) in [5.41, 5.74) is 0. The van der Waals surface area contributed by atoms with Gasteiger partial charge in [-0.15, -0.1) is 11.3 Å². The number of carbonyl (C=O) groups is 2. The van der Waals surface area contributed by atoms with Crippen LogP contribution in [-0.4, -0.2) is 41.6 Å². The largest absolute Gasteiger partial charge is 0.481 e. The van der Waals surface area contributed by atoms with Gasteiger partial charge in [0.15, 0.2) is 0 Å². The van der Waals surface area contributed by atoms with Gasteiger partial charge in [0.2, 0.25) is 0 Å². The Morgan fingerprint density at radius 3 is 2.89 bits per heavy atom. The van der Waals surface area contributed by atoms with Crippen LogP contribution in [0.5, 0.6) is 0 Å². The number of nitrogens with one attached hydrogen (secondary N) is 1. The van der Waals surface area contributed by atoms with Crippen LogP contribution in [-0.2, 0) is 11.2 Å². The fraction of sp³-hybridized carbons (Fsp3) is 0.538. The van der Waals surface area contributed by atoms with Crippen LogP contribution in [0.25, 0.3) is 0 Å². The molecule has 5 nitrogen and oxygen atoms in total. The van der Waals surface area contributed by atoms with Crippen LogP contribution in [0.4, 0.5) is 4.79 Å². The number of carbonyl (C=O) groups excluding carboxylic acids is 1. The normalized spacial score (nSPS) is 22.5. The van der Waals surface area contributed by atoms with Gasteiger partial charge in [0, 0.05) is 24.5 Å². The van der Waals surface area contributed by atoms with Crippen LogP contribution < -0.4 is 5.32 Å². The summed E-state index contributed by atoms with van der Waals surface area (Å²) in [5, 5.41) is 13.9. The smallest absolute Gasteiger partial charge is 0.317 e. The molecule has 2 heterocycles. The van der Waals surface area contributed by atoms with Crippen molar-refractivity contribution in [2.24, 2.45) is 11.8 Å². The first-order chi connectivity index (χ1) is 9.08. The van der Waals surface area contributed by atoms with E-state index in [9.17, 15) is 9.59 Å². The second-order valence-corrected chi connectivity index (χ2v) is 5.92. The number of likely N-dealkylation sites (tertiary alicyclic amines) is 1. The van der Waals surface area contributed by atoms with Crippen LogP contribution in [0.1, 0.15) is 11.8 Å². The van der Waals surface area contributed by atoms with E-state index in [0.717, 1.165) is 6.42 Å². The highest BCUT2D eigenvalue weighted by Crippen LogP contribution is 2.22. The summed E-state index contributed by atoms with van der Waals surface area (Å²) in [6.45, 7) is 3.28. The monoisotopic (exact) mass is 282 g/mol. The lowest BCUT2D eigenvalue weighted by molar-refractivity contribution is -0.142. The molecular formula is C13H18N2O3S. The maximum absolute atomic E-state index is 11.9. The van der Waals surface area contributed by atoms with E-state index in [2.05, 4.69) is 5.32 Å². The summed E-state index contributed by atoms with van der Waals surface area (Å²) < 4.78 is 0. The Labute approximate surface area is 116 Å². The predicted molar refractivity (Wildman–Crippen MR) is 73.3 cm³/mol. The van der Waals surface area contributed by atoms with Crippen molar-refractivity contribution in [3.05, 3.63) is 22.4 Å². The van der Waals surface area contributed by atoms with Crippen LogP contribution >= 0.6 is 11.3 Å². The molecule has 1 saturated heterocycles. The van der Waals surface area contributed by atoms with Crippen molar-refractivity contribution in [3.63, 3.8) is 0 Å². The molecule has 2 unspecified atom stereocenters. The minimum atomic E-state index is -0.818. The zero-order chi connectivity index (χ0) is 13.8. The molecule has 0 bridgehead atoms. The molecule has 1 aromatic heterocycles. The average molecular weight is 282 g/mol. The highest BCUT2D eigenvalue weighted by Gasteiger charge is 2.36.